The monoisotopic (exact) mass is 397 g/mol. The second kappa shape index (κ2) is 7.90. The lowest BCUT2D eigenvalue weighted by molar-refractivity contribution is 0.414. The van der Waals surface area contributed by atoms with Crippen molar-refractivity contribution in [2.75, 3.05) is 17.1 Å². The molecule has 3 rings (SSSR count). The number of nitrogens with zero attached hydrogens (tertiary/aromatic N) is 1. The van der Waals surface area contributed by atoms with Crippen LogP contribution in [0.25, 0.3) is 0 Å². The third-order valence-corrected chi connectivity index (χ3v) is 5.72. The molecule has 0 aliphatic carbocycles. The first-order chi connectivity index (χ1) is 13.3. The number of hydrogen-bond donors (Lipinski definition) is 2. The van der Waals surface area contributed by atoms with Crippen molar-refractivity contribution in [3.63, 3.8) is 0 Å². The van der Waals surface area contributed by atoms with E-state index in [0.29, 0.717) is 22.8 Å². The quantitative estimate of drug-likeness (QED) is 0.637. The molecule has 146 valence electrons. The van der Waals surface area contributed by atoms with Crippen LogP contribution in [0.15, 0.2) is 59.6 Å². The minimum atomic E-state index is -3.72. The molecule has 0 radical (unpaired) electrons. The maximum Gasteiger partial charge on any atom is 0.262 e. The molecular formula is C21H23N3O3S. The standard InChI is InChI=1S/C21H23N3O3S/c1-14-9-15(2)11-18(10-14)23-21-8-5-17(13-22-21)24-28(25,26)20-7-6-19(27-4)12-16(20)3/h5-13,24H,1-4H3,(H,22,23). The van der Waals surface area contributed by atoms with Crippen LogP contribution in [0.5, 0.6) is 5.75 Å². The average Bonchev–Trinajstić information content (AvgIpc) is 2.62. The van der Waals surface area contributed by atoms with E-state index in [2.05, 4.69) is 21.1 Å². The van der Waals surface area contributed by atoms with Gasteiger partial charge in [0, 0.05) is 5.69 Å². The number of hydrogen-bond acceptors (Lipinski definition) is 5. The van der Waals surface area contributed by atoms with E-state index >= 15 is 0 Å². The molecule has 0 aliphatic heterocycles. The van der Waals surface area contributed by atoms with E-state index in [9.17, 15) is 8.42 Å². The zero-order valence-electron chi connectivity index (χ0n) is 16.3. The van der Waals surface area contributed by atoms with Gasteiger partial charge in [-0.1, -0.05) is 6.07 Å². The summed E-state index contributed by atoms with van der Waals surface area (Å²) in [6, 6.07) is 14.4. The smallest absolute Gasteiger partial charge is 0.262 e. The minimum absolute atomic E-state index is 0.200. The largest absolute Gasteiger partial charge is 0.497 e. The molecule has 6 nitrogen and oxygen atoms in total. The Morgan fingerprint density at radius 3 is 2.18 bits per heavy atom. The fraction of sp³-hybridized carbons (Fsp3) is 0.190. The van der Waals surface area contributed by atoms with E-state index < -0.39 is 10.0 Å². The molecule has 0 saturated heterocycles. The number of nitrogens with one attached hydrogen (secondary N) is 2. The number of benzene rings is 2. The second-order valence-electron chi connectivity index (χ2n) is 6.67. The lowest BCUT2D eigenvalue weighted by atomic mass is 10.1. The molecule has 0 atom stereocenters. The Kier molecular flexibility index (Phi) is 5.56. The predicted molar refractivity (Wildman–Crippen MR) is 112 cm³/mol. The van der Waals surface area contributed by atoms with Crippen LogP contribution in [0.4, 0.5) is 17.2 Å². The molecular weight excluding hydrogens is 374 g/mol. The molecule has 3 aromatic rings. The number of methoxy groups -OCH3 is 1. The fourth-order valence-electron chi connectivity index (χ4n) is 2.98. The average molecular weight is 398 g/mol. The number of pyridine rings is 1. The number of anilines is 3. The van der Waals surface area contributed by atoms with Crippen LogP contribution >= 0.6 is 0 Å². The summed E-state index contributed by atoms with van der Waals surface area (Å²) in [5.41, 5.74) is 4.24. The Morgan fingerprint density at radius 1 is 0.893 bits per heavy atom. The van der Waals surface area contributed by atoms with Gasteiger partial charge in [-0.05, 0) is 79.9 Å². The van der Waals surface area contributed by atoms with Gasteiger partial charge in [0.1, 0.15) is 11.6 Å². The SMILES string of the molecule is COc1ccc(S(=O)(=O)Nc2ccc(Nc3cc(C)cc(C)c3)nc2)c(C)c1. The van der Waals surface area contributed by atoms with E-state index in [1.807, 2.05) is 26.0 Å². The van der Waals surface area contributed by atoms with Gasteiger partial charge in [-0.3, -0.25) is 4.72 Å². The van der Waals surface area contributed by atoms with Crippen LogP contribution in [-0.4, -0.2) is 20.5 Å². The van der Waals surface area contributed by atoms with E-state index in [4.69, 9.17) is 4.74 Å². The number of aryl methyl sites for hydroxylation is 3. The number of aromatic nitrogens is 1. The predicted octanol–water partition coefficient (Wildman–Crippen LogP) is 4.56. The third-order valence-electron chi connectivity index (χ3n) is 4.18. The van der Waals surface area contributed by atoms with Crippen molar-refractivity contribution in [2.24, 2.45) is 0 Å². The first kappa shape index (κ1) is 19.7. The summed E-state index contributed by atoms with van der Waals surface area (Å²) in [7, 11) is -2.18. The van der Waals surface area contributed by atoms with Gasteiger partial charge in [0.25, 0.3) is 10.0 Å². The van der Waals surface area contributed by atoms with Gasteiger partial charge < -0.3 is 10.1 Å². The Morgan fingerprint density at radius 2 is 1.61 bits per heavy atom. The molecule has 1 heterocycles. The van der Waals surface area contributed by atoms with E-state index in [0.717, 1.165) is 16.8 Å². The molecule has 1 aromatic heterocycles. The zero-order valence-corrected chi connectivity index (χ0v) is 17.1. The Balaban J connectivity index is 1.76. The molecule has 0 bridgehead atoms. The summed E-state index contributed by atoms with van der Waals surface area (Å²) in [4.78, 5) is 4.50. The number of sulfonamides is 1. The van der Waals surface area contributed by atoms with Gasteiger partial charge in [-0.25, -0.2) is 13.4 Å². The number of rotatable bonds is 6. The van der Waals surface area contributed by atoms with Gasteiger partial charge in [-0.15, -0.1) is 0 Å². The molecule has 2 aromatic carbocycles. The van der Waals surface area contributed by atoms with Crippen molar-refractivity contribution >= 4 is 27.2 Å². The molecule has 0 fully saturated rings. The van der Waals surface area contributed by atoms with Gasteiger partial charge in [0.15, 0.2) is 0 Å². The van der Waals surface area contributed by atoms with Crippen molar-refractivity contribution in [1.82, 2.24) is 4.98 Å². The highest BCUT2D eigenvalue weighted by Crippen LogP contribution is 2.24. The van der Waals surface area contributed by atoms with Gasteiger partial charge in [-0.2, -0.15) is 0 Å². The molecule has 0 amide bonds. The van der Waals surface area contributed by atoms with Gasteiger partial charge in [0.05, 0.1) is 23.9 Å². The fourth-order valence-corrected chi connectivity index (χ4v) is 4.25. The van der Waals surface area contributed by atoms with E-state index in [1.54, 1.807) is 38.3 Å². The maximum atomic E-state index is 12.7. The molecule has 0 aliphatic rings. The summed E-state index contributed by atoms with van der Waals surface area (Å²) in [5, 5.41) is 3.23. The Labute approximate surface area is 165 Å². The van der Waals surface area contributed by atoms with Gasteiger partial charge in [0.2, 0.25) is 0 Å². The highest BCUT2D eigenvalue weighted by atomic mass is 32.2. The molecule has 0 saturated carbocycles. The first-order valence-electron chi connectivity index (χ1n) is 8.76. The molecule has 7 heteroatoms. The lowest BCUT2D eigenvalue weighted by Crippen LogP contribution is -2.14. The van der Waals surface area contributed by atoms with Crippen molar-refractivity contribution < 1.29 is 13.2 Å². The highest BCUT2D eigenvalue weighted by Gasteiger charge is 2.17. The lowest BCUT2D eigenvalue weighted by Gasteiger charge is -2.12. The highest BCUT2D eigenvalue weighted by molar-refractivity contribution is 7.92. The maximum absolute atomic E-state index is 12.7. The Bertz CT molecular complexity index is 1070. The van der Waals surface area contributed by atoms with Crippen LogP contribution < -0.4 is 14.8 Å². The summed E-state index contributed by atoms with van der Waals surface area (Å²) < 4.78 is 33.0. The molecule has 2 N–H and O–H groups in total. The van der Waals surface area contributed by atoms with Gasteiger partial charge >= 0.3 is 0 Å². The first-order valence-corrected chi connectivity index (χ1v) is 10.2. The van der Waals surface area contributed by atoms with Crippen LogP contribution in [0.1, 0.15) is 16.7 Å². The van der Waals surface area contributed by atoms with Crippen LogP contribution in [0.3, 0.4) is 0 Å². The molecule has 0 spiro atoms. The summed E-state index contributed by atoms with van der Waals surface area (Å²) in [5.74, 6) is 1.24. The van der Waals surface area contributed by atoms with Crippen LogP contribution in [0, 0.1) is 20.8 Å². The molecule has 0 unspecified atom stereocenters. The minimum Gasteiger partial charge on any atom is -0.497 e. The van der Waals surface area contributed by atoms with Crippen molar-refractivity contribution in [3.05, 3.63) is 71.4 Å². The summed E-state index contributed by atoms with van der Waals surface area (Å²) >= 11 is 0. The van der Waals surface area contributed by atoms with Crippen LogP contribution in [0.2, 0.25) is 0 Å². The summed E-state index contributed by atoms with van der Waals surface area (Å²) in [6.45, 7) is 5.79. The zero-order chi connectivity index (χ0) is 20.3. The second-order valence-corrected chi connectivity index (χ2v) is 8.32. The van der Waals surface area contributed by atoms with Crippen molar-refractivity contribution in [3.8, 4) is 5.75 Å². The molecule has 28 heavy (non-hydrogen) atoms. The van der Waals surface area contributed by atoms with E-state index in [-0.39, 0.29) is 4.90 Å². The van der Waals surface area contributed by atoms with Crippen molar-refractivity contribution in [1.29, 1.82) is 0 Å². The normalized spacial score (nSPS) is 11.1. The summed E-state index contributed by atoms with van der Waals surface area (Å²) in [6.07, 6.45) is 1.49. The van der Waals surface area contributed by atoms with Crippen molar-refractivity contribution in [2.45, 2.75) is 25.7 Å². The van der Waals surface area contributed by atoms with Crippen LogP contribution in [-0.2, 0) is 10.0 Å². The van der Waals surface area contributed by atoms with E-state index in [1.165, 1.54) is 12.3 Å². The number of ether oxygens (including phenoxy) is 1. The third kappa shape index (κ3) is 4.61. The topological polar surface area (TPSA) is 80.3 Å². The Hall–Kier alpha value is -3.06.